The number of benzene rings is 3. The summed E-state index contributed by atoms with van der Waals surface area (Å²) >= 11 is 0. The third-order valence-corrected chi connectivity index (χ3v) is 6.85. The van der Waals surface area contributed by atoms with Crippen molar-refractivity contribution < 1.29 is 38.3 Å². The lowest BCUT2D eigenvalue weighted by Gasteiger charge is -2.24. The second-order valence-corrected chi connectivity index (χ2v) is 9.03. The van der Waals surface area contributed by atoms with Crippen molar-refractivity contribution in [3.8, 4) is 28.7 Å². The van der Waals surface area contributed by atoms with Gasteiger partial charge in [0.15, 0.2) is 18.3 Å². The molecule has 1 N–H and O–H groups in total. The van der Waals surface area contributed by atoms with Crippen LogP contribution in [0.5, 0.6) is 28.7 Å². The zero-order chi connectivity index (χ0) is 25.9. The molecule has 0 spiro atoms. The molecule has 194 valence electrons. The van der Waals surface area contributed by atoms with Gasteiger partial charge in [-0.3, -0.25) is 4.79 Å². The molecule has 1 aliphatic carbocycles. The summed E-state index contributed by atoms with van der Waals surface area (Å²) in [6.07, 6.45) is 0.867. The van der Waals surface area contributed by atoms with Crippen molar-refractivity contribution in [2.24, 2.45) is 5.92 Å². The Morgan fingerprint density at radius 1 is 0.892 bits per heavy atom. The van der Waals surface area contributed by atoms with Gasteiger partial charge in [-0.15, -0.1) is 0 Å². The molecule has 0 bridgehead atoms. The zero-order valence-corrected chi connectivity index (χ0v) is 21.1. The lowest BCUT2D eigenvalue weighted by Crippen LogP contribution is -2.24. The van der Waals surface area contributed by atoms with Gasteiger partial charge in [0.1, 0.15) is 17.2 Å². The fourth-order valence-corrected chi connectivity index (χ4v) is 5.28. The molecule has 2 aliphatic rings. The summed E-state index contributed by atoms with van der Waals surface area (Å²) in [6.45, 7) is 2.78. The molecule has 3 unspecified atom stereocenters. The Kier molecular flexibility index (Phi) is 7.10. The second kappa shape index (κ2) is 10.6. The van der Waals surface area contributed by atoms with Crippen LogP contribution in [0.3, 0.4) is 0 Å². The van der Waals surface area contributed by atoms with E-state index in [-0.39, 0.29) is 13.6 Å². The molecule has 37 heavy (non-hydrogen) atoms. The highest BCUT2D eigenvalue weighted by Crippen LogP contribution is 2.56. The van der Waals surface area contributed by atoms with Crippen molar-refractivity contribution in [2.75, 3.05) is 34.4 Å². The van der Waals surface area contributed by atoms with Gasteiger partial charge in [0.2, 0.25) is 6.79 Å². The van der Waals surface area contributed by atoms with Crippen LogP contribution in [0.2, 0.25) is 0 Å². The summed E-state index contributed by atoms with van der Waals surface area (Å²) in [5.41, 5.74) is 3.39. The average Bonchev–Trinajstić information content (AvgIpc) is 3.52. The Labute approximate surface area is 215 Å². The Morgan fingerprint density at radius 3 is 2.43 bits per heavy atom. The van der Waals surface area contributed by atoms with Gasteiger partial charge in [0.25, 0.3) is 0 Å². The van der Waals surface area contributed by atoms with Crippen LogP contribution in [-0.4, -0.2) is 45.5 Å². The number of fused-ring (bicyclic) bond motifs is 2. The molecule has 5 rings (SSSR count). The van der Waals surface area contributed by atoms with E-state index in [2.05, 4.69) is 0 Å². The van der Waals surface area contributed by atoms with E-state index in [0.717, 1.165) is 28.7 Å². The normalized spacial score (nSPS) is 19.4. The van der Waals surface area contributed by atoms with E-state index in [0.29, 0.717) is 35.4 Å². The van der Waals surface area contributed by atoms with Crippen molar-refractivity contribution >= 4 is 5.97 Å². The van der Waals surface area contributed by atoms with E-state index in [4.69, 9.17) is 28.4 Å². The van der Waals surface area contributed by atoms with Crippen LogP contribution >= 0.6 is 0 Å². The average molecular weight is 507 g/mol. The molecule has 0 aromatic heterocycles. The monoisotopic (exact) mass is 506 g/mol. The van der Waals surface area contributed by atoms with Crippen LogP contribution in [0.15, 0.2) is 54.6 Å². The summed E-state index contributed by atoms with van der Waals surface area (Å²) in [4.78, 5) is 13.0. The lowest BCUT2D eigenvalue weighted by atomic mass is 9.79. The Hall–Kier alpha value is -3.91. The minimum absolute atomic E-state index is 0.0166. The van der Waals surface area contributed by atoms with Gasteiger partial charge in [0.05, 0.1) is 19.6 Å². The zero-order valence-electron chi connectivity index (χ0n) is 21.1. The lowest BCUT2D eigenvalue weighted by molar-refractivity contribution is -0.142. The van der Waals surface area contributed by atoms with Crippen molar-refractivity contribution in [3.05, 3.63) is 76.9 Å². The first-order valence-corrected chi connectivity index (χ1v) is 12.2. The molecule has 8 heteroatoms. The van der Waals surface area contributed by atoms with Crippen LogP contribution in [0.1, 0.15) is 47.4 Å². The maximum atomic E-state index is 13.0. The van der Waals surface area contributed by atoms with Crippen LogP contribution in [0.4, 0.5) is 0 Å². The highest BCUT2D eigenvalue weighted by Gasteiger charge is 2.48. The van der Waals surface area contributed by atoms with E-state index >= 15 is 0 Å². The first kappa shape index (κ1) is 24.8. The number of methoxy groups -OCH3 is 2. The van der Waals surface area contributed by atoms with Gasteiger partial charge in [-0.05, 0) is 53.4 Å². The third-order valence-electron chi connectivity index (χ3n) is 6.85. The van der Waals surface area contributed by atoms with Gasteiger partial charge >= 0.3 is 5.97 Å². The van der Waals surface area contributed by atoms with Crippen molar-refractivity contribution in [2.45, 2.75) is 25.2 Å². The summed E-state index contributed by atoms with van der Waals surface area (Å²) in [5.74, 6) is 0.428. The number of ether oxygens (including phenoxy) is 6. The van der Waals surface area contributed by atoms with Gasteiger partial charge in [-0.1, -0.05) is 25.1 Å². The maximum Gasteiger partial charge on any atom is 0.308 e. The maximum absolute atomic E-state index is 13.0. The Bertz CT molecular complexity index is 1290. The second-order valence-electron chi connectivity index (χ2n) is 9.03. The Balaban J connectivity index is 1.69. The Morgan fingerprint density at radius 2 is 1.68 bits per heavy atom. The molecule has 1 aliphatic heterocycles. The van der Waals surface area contributed by atoms with Gasteiger partial charge in [-0.2, -0.15) is 0 Å². The molecular weight excluding hydrogens is 476 g/mol. The molecule has 3 aromatic carbocycles. The van der Waals surface area contributed by atoms with Crippen molar-refractivity contribution in [1.82, 2.24) is 0 Å². The smallest absolute Gasteiger partial charge is 0.308 e. The fourth-order valence-electron chi connectivity index (χ4n) is 5.28. The molecule has 0 radical (unpaired) electrons. The van der Waals surface area contributed by atoms with Crippen molar-refractivity contribution in [3.63, 3.8) is 0 Å². The first-order chi connectivity index (χ1) is 18.0. The minimum Gasteiger partial charge on any atom is -0.497 e. The van der Waals surface area contributed by atoms with E-state index in [1.54, 1.807) is 13.2 Å². The minimum atomic E-state index is -0.909. The number of rotatable bonds is 10. The third kappa shape index (κ3) is 4.64. The van der Waals surface area contributed by atoms with Crippen LogP contribution in [-0.2, 0) is 9.53 Å². The van der Waals surface area contributed by atoms with Crippen molar-refractivity contribution in [1.29, 1.82) is 0 Å². The molecule has 3 atom stereocenters. The number of carbonyl (C=O) groups is 1. The quantitative estimate of drug-likeness (QED) is 0.377. The molecule has 8 nitrogen and oxygen atoms in total. The van der Waals surface area contributed by atoms with E-state index in [9.17, 15) is 9.90 Å². The van der Waals surface area contributed by atoms with E-state index in [1.165, 1.54) is 7.11 Å². The SMILES string of the molecule is CCCOc1ccc2c(c1)C(c1ccc(OC)cc1OCOC)C(C(=O)O)C2c1ccc2c(c1)OCO2. The van der Waals surface area contributed by atoms with E-state index in [1.807, 2.05) is 55.5 Å². The molecular formula is C29H30O8. The predicted molar refractivity (Wildman–Crippen MR) is 135 cm³/mol. The number of hydrogen-bond donors (Lipinski definition) is 1. The number of aliphatic carboxylic acids is 1. The van der Waals surface area contributed by atoms with Crippen LogP contribution in [0.25, 0.3) is 0 Å². The van der Waals surface area contributed by atoms with Gasteiger partial charge < -0.3 is 33.5 Å². The first-order valence-electron chi connectivity index (χ1n) is 12.2. The molecule has 3 aromatic rings. The summed E-state index contributed by atoms with van der Waals surface area (Å²) in [7, 11) is 3.12. The predicted octanol–water partition coefficient (Wildman–Crippen LogP) is 5.17. The molecule has 0 saturated heterocycles. The molecule has 0 saturated carbocycles. The largest absolute Gasteiger partial charge is 0.497 e. The highest BCUT2D eigenvalue weighted by atomic mass is 16.7. The molecule has 0 amide bonds. The van der Waals surface area contributed by atoms with E-state index < -0.39 is 23.7 Å². The summed E-state index contributed by atoms with van der Waals surface area (Å²) < 4.78 is 33.5. The topological polar surface area (TPSA) is 92.7 Å². The van der Waals surface area contributed by atoms with Gasteiger partial charge in [-0.25, -0.2) is 0 Å². The highest BCUT2D eigenvalue weighted by molar-refractivity contribution is 5.78. The summed E-state index contributed by atoms with van der Waals surface area (Å²) in [5, 5.41) is 10.6. The van der Waals surface area contributed by atoms with Gasteiger partial charge in [0, 0.05) is 30.6 Å². The molecule has 1 heterocycles. The standard InChI is InChI=1S/C29H30O8/c1-4-11-34-19-7-8-20-22(13-19)27(21-9-6-18(33-3)14-24(21)35-15-32-2)28(29(30)31)26(20)17-5-10-23-25(12-17)37-16-36-23/h5-10,12-14,26-28H,4,11,15-16H2,1-3H3,(H,30,31). The number of carboxylic acids is 1. The van der Waals surface area contributed by atoms with Crippen LogP contribution < -0.4 is 23.7 Å². The molecule has 0 fully saturated rings. The van der Waals surface area contributed by atoms with Crippen LogP contribution in [0, 0.1) is 5.92 Å². The fraction of sp³-hybridized carbons (Fsp3) is 0.345. The number of hydrogen-bond acceptors (Lipinski definition) is 7. The number of carboxylic acid groups (broad SMARTS) is 1. The summed E-state index contributed by atoms with van der Waals surface area (Å²) in [6, 6.07) is 16.9.